The molecule has 0 saturated carbocycles. The van der Waals surface area contributed by atoms with E-state index in [0.717, 1.165) is 0 Å². The molecule has 0 bridgehead atoms. The minimum Gasteiger partial charge on any atom is -0.435 e. The largest absolute Gasteiger partial charge is 0.435 e. The van der Waals surface area contributed by atoms with E-state index in [9.17, 15) is 17.2 Å². The maximum absolute atomic E-state index is 15.0. The van der Waals surface area contributed by atoms with Crippen molar-refractivity contribution >= 4 is 21.7 Å². The van der Waals surface area contributed by atoms with Gasteiger partial charge < -0.3 is 10.1 Å². The second-order valence-electron chi connectivity index (χ2n) is 7.51. The van der Waals surface area contributed by atoms with E-state index in [1.165, 1.54) is 25.4 Å². The van der Waals surface area contributed by atoms with E-state index >= 15 is 0 Å². The predicted octanol–water partition coefficient (Wildman–Crippen LogP) is 4.90. The molecule has 180 valence electrons. The highest BCUT2D eigenvalue weighted by Crippen LogP contribution is 2.36. The highest BCUT2D eigenvalue weighted by molar-refractivity contribution is 7.91. The number of benzene rings is 2. The van der Waals surface area contributed by atoms with Gasteiger partial charge in [0.15, 0.2) is 11.6 Å². The van der Waals surface area contributed by atoms with Crippen LogP contribution in [0.2, 0.25) is 0 Å². The van der Waals surface area contributed by atoms with Crippen molar-refractivity contribution in [2.45, 2.75) is 12.7 Å². The molecule has 35 heavy (non-hydrogen) atoms. The van der Waals surface area contributed by atoms with Gasteiger partial charge in [-0.3, -0.25) is 4.72 Å². The van der Waals surface area contributed by atoms with Gasteiger partial charge in [-0.2, -0.15) is 4.39 Å². The molecule has 11 heteroatoms. The van der Waals surface area contributed by atoms with Crippen LogP contribution >= 0.6 is 0 Å². The molecule has 0 aliphatic carbocycles. The number of ether oxygens (including phenoxy) is 1. The first kappa shape index (κ1) is 24.0. The minimum atomic E-state index is -4.00. The van der Waals surface area contributed by atoms with Crippen LogP contribution in [0.3, 0.4) is 0 Å². The van der Waals surface area contributed by atoms with Crippen LogP contribution in [-0.2, 0) is 15.8 Å². The molecule has 0 fully saturated rings. The molecule has 8 nitrogen and oxygen atoms in total. The number of hydrogen-bond acceptors (Lipinski definition) is 7. The van der Waals surface area contributed by atoms with Crippen LogP contribution in [0, 0.1) is 18.6 Å². The first-order valence-electron chi connectivity index (χ1n) is 10.4. The van der Waals surface area contributed by atoms with Crippen LogP contribution in [0.4, 0.5) is 20.4 Å². The minimum absolute atomic E-state index is 0.0108. The summed E-state index contributed by atoms with van der Waals surface area (Å²) < 4.78 is 62.9. The third kappa shape index (κ3) is 5.52. The summed E-state index contributed by atoms with van der Waals surface area (Å²) in [5.74, 6) is -3.23. The fourth-order valence-electron chi connectivity index (χ4n) is 3.31. The Bertz CT molecular complexity index is 1470. The van der Waals surface area contributed by atoms with Crippen LogP contribution in [0.1, 0.15) is 11.1 Å². The van der Waals surface area contributed by atoms with E-state index in [2.05, 4.69) is 25.0 Å². The van der Waals surface area contributed by atoms with E-state index in [1.807, 2.05) is 0 Å². The third-order valence-electron chi connectivity index (χ3n) is 4.96. The molecule has 0 atom stereocenters. The predicted molar refractivity (Wildman–Crippen MR) is 129 cm³/mol. The second-order valence-corrected chi connectivity index (χ2v) is 9.24. The molecule has 0 spiro atoms. The van der Waals surface area contributed by atoms with Gasteiger partial charge in [0.1, 0.15) is 0 Å². The Hall–Kier alpha value is -4.12. The van der Waals surface area contributed by atoms with Crippen LogP contribution in [-0.4, -0.2) is 30.4 Å². The Morgan fingerprint density at radius 1 is 0.971 bits per heavy atom. The van der Waals surface area contributed by atoms with Crippen LogP contribution in [0.15, 0.2) is 67.0 Å². The van der Waals surface area contributed by atoms with Gasteiger partial charge in [-0.25, -0.2) is 27.8 Å². The fourth-order valence-corrected chi connectivity index (χ4v) is 4.57. The summed E-state index contributed by atoms with van der Waals surface area (Å²) in [5.41, 5.74) is 1.04. The van der Waals surface area contributed by atoms with Gasteiger partial charge in [-0.15, -0.1) is 0 Å². The van der Waals surface area contributed by atoms with E-state index in [-0.39, 0.29) is 11.4 Å². The number of pyridine rings is 1. The summed E-state index contributed by atoms with van der Waals surface area (Å²) in [6, 6.07) is 14.5. The fraction of sp³-hybridized carbons (Fsp3) is 0.125. The molecular formula is C24H21F2N5O3S. The number of aryl methyl sites for hydroxylation is 1. The summed E-state index contributed by atoms with van der Waals surface area (Å²) in [7, 11) is -2.34. The summed E-state index contributed by atoms with van der Waals surface area (Å²) in [6.45, 7) is 1.44. The Morgan fingerprint density at radius 2 is 1.74 bits per heavy atom. The normalized spacial score (nSPS) is 11.2. The summed E-state index contributed by atoms with van der Waals surface area (Å²) in [5, 5.41) is 2.82. The SMILES string of the molecule is CNc1nccc(-c2cccnc2Oc2cc(C)c(NS(=O)(=O)Cc3ccccc3)c(F)c2F)n1. The van der Waals surface area contributed by atoms with Crippen molar-refractivity contribution in [1.82, 2.24) is 15.0 Å². The molecule has 0 unspecified atom stereocenters. The lowest BCUT2D eigenvalue weighted by Gasteiger charge is -2.15. The molecule has 0 amide bonds. The average Bonchev–Trinajstić information content (AvgIpc) is 2.86. The maximum atomic E-state index is 15.0. The van der Waals surface area contributed by atoms with E-state index in [0.29, 0.717) is 22.8 Å². The summed E-state index contributed by atoms with van der Waals surface area (Å²) in [6.07, 6.45) is 2.97. The topological polar surface area (TPSA) is 106 Å². The lowest BCUT2D eigenvalue weighted by atomic mass is 10.1. The standard InChI is InChI=1S/C24H21F2N5O3S/c1-15-13-19(34-23-17(9-6-11-28-23)18-10-12-29-24(27-2)30-18)20(25)21(26)22(15)31-35(32,33)14-16-7-4-3-5-8-16/h3-13,31H,14H2,1-2H3,(H,27,29,30). The van der Waals surface area contributed by atoms with Crippen molar-refractivity contribution in [3.8, 4) is 22.9 Å². The molecule has 2 N–H and O–H groups in total. The highest BCUT2D eigenvalue weighted by atomic mass is 32.2. The van der Waals surface area contributed by atoms with Crippen molar-refractivity contribution < 1.29 is 21.9 Å². The molecule has 2 aromatic heterocycles. The van der Waals surface area contributed by atoms with Gasteiger partial charge in [0.2, 0.25) is 27.7 Å². The third-order valence-corrected chi connectivity index (χ3v) is 6.19. The van der Waals surface area contributed by atoms with Gasteiger partial charge in [0.05, 0.1) is 22.7 Å². The molecule has 0 saturated heterocycles. The monoisotopic (exact) mass is 497 g/mol. The molecule has 0 radical (unpaired) electrons. The first-order chi connectivity index (χ1) is 16.8. The van der Waals surface area contributed by atoms with Crippen molar-refractivity contribution in [2.24, 2.45) is 0 Å². The lowest BCUT2D eigenvalue weighted by Crippen LogP contribution is -2.17. The number of nitrogens with zero attached hydrogens (tertiary/aromatic N) is 3. The number of nitrogens with one attached hydrogen (secondary N) is 2. The lowest BCUT2D eigenvalue weighted by molar-refractivity contribution is 0.407. The van der Waals surface area contributed by atoms with Gasteiger partial charge in [0, 0.05) is 19.4 Å². The average molecular weight is 498 g/mol. The van der Waals surface area contributed by atoms with Gasteiger partial charge in [0.25, 0.3) is 0 Å². The highest BCUT2D eigenvalue weighted by Gasteiger charge is 2.23. The molecule has 2 heterocycles. The number of hydrogen-bond donors (Lipinski definition) is 2. The zero-order valence-corrected chi connectivity index (χ0v) is 19.6. The molecule has 4 aromatic rings. The number of aromatic nitrogens is 3. The summed E-state index contributed by atoms with van der Waals surface area (Å²) >= 11 is 0. The molecule has 0 aliphatic heterocycles. The van der Waals surface area contributed by atoms with Crippen molar-refractivity contribution in [1.29, 1.82) is 0 Å². The molecule has 0 aliphatic rings. The van der Waals surface area contributed by atoms with Crippen LogP contribution < -0.4 is 14.8 Å². The van der Waals surface area contributed by atoms with Crippen LogP contribution in [0.5, 0.6) is 11.6 Å². The molecule has 2 aromatic carbocycles. The Kier molecular flexibility index (Phi) is 6.87. The number of rotatable bonds is 8. The van der Waals surface area contributed by atoms with E-state index < -0.39 is 38.8 Å². The molecule has 4 rings (SSSR count). The maximum Gasteiger partial charge on any atom is 0.237 e. The van der Waals surface area contributed by atoms with E-state index in [1.54, 1.807) is 55.6 Å². The summed E-state index contributed by atoms with van der Waals surface area (Å²) in [4.78, 5) is 12.5. The first-order valence-corrected chi connectivity index (χ1v) is 12.1. The van der Waals surface area contributed by atoms with Crippen molar-refractivity contribution in [3.63, 3.8) is 0 Å². The van der Waals surface area contributed by atoms with Gasteiger partial charge in [-0.05, 0) is 42.3 Å². The number of anilines is 2. The quantitative estimate of drug-likeness (QED) is 0.357. The van der Waals surface area contributed by atoms with Crippen molar-refractivity contribution in [3.05, 3.63) is 89.8 Å². The van der Waals surface area contributed by atoms with E-state index in [4.69, 9.17) is 4.74 Å². The molecular weight excluding hydrogens is 476 g/mol. The zero-order chi connectivity index (χ0) is 25.0. The smallest absolute Gasteiger partial charge is 0.237 e. The van der Waals surface area contributed by atoms with Gasteiger partial charge >= 0.3 is 0 Å². The Balaban J connectivity index is 1.64. The van der Waals surface area contributed by atoms with Gasteiger partial charge in [-0.1, -0.05) is 30.3 Å². The Labute approximate surface area is 201 Å². The zero-order valence-electron chi connectivity index (χ0n) is 18.8. The Morgan fingerprint density at radius 3 is 2.49 bits per heavy atom. The second kappa shape index (κ2) is 10.0. The van der Waals surface area contributed by atoms with Crippen LogP contribution in [0.25, 0.3) is 11.3 Å². The van der Waals surface area contributed by atoms with Crippen molar-refractivity contribution in [2.75, 3.05) is 17.1 Å². The number of halogens is 2. The number of sulfonamides is 1.